The molecule has 2 aromatic carbocycles. The van der Waals surface area contributed by atoms with E-state index >= 15 is 0 Å². The molecule has 0 unspecified atom stereocenters. The van der Waals surface area contributed by atoms with Gasteiger partial charge in [-0.05, 0) is 56.5 Å². The average Bonchev–Trinajstić information content (AvgIpc) is 2.57. The summed E-state index contributed by atoms with van der Waals surface area (Å²) in [5.74, 6) is 1.43. The highest BCUT2D eigenvalue weighted by Gasteiger charge is 2.15. The molecule has 0 aliphatic rings. The summed E-state index contributed by atoms with van der Waals surface area (Å²) in [6, 6.07) is 13.6. The lowest BCUT2D eigenvalue weighted by atomic mass is 10.1. The fourth-order valence-electron chi connectivity index (χ4n) is 2.29. The average molecular weight is 327 g/mol. The Morgan fingerprint density at radius 1 is 1.00 bits per heavy atom. The lowest BCUT2D eigenvalue weighted by Gasteiger charge is -2.17. The highest BCUT2D eigenvalue weighted by atomic mass is 16.5. The topological polar surface area (TPSA) is 47.6 Å². The van der Waals surface area contributed by atoms with Gasteiger partial charge >= 0.3 is 0 Å². The van der Waals surface area contributed by atoms with Crippen LogP contribution in [-0.2, 0) is 4.79 Å². The van der Waals surface area contributed by atoms with E-state index < -0.39 is 6.10 Å². The molecular formula is C20H25NO3. The van der Waals surface area contributed by atoms with E-state index in [4.69, 9.17) is 9.47 Å². The van der Waals surface area contributed by atoms with Crippen molar-refractivity contribution in [2.45, 2.75) is 33.8 Å². The van der Waals surface area contributed by atoms with Gasteiger partial charge < -0.3 is 14.8 Å². The van der Waals surface area contributed by atoms with Crippen molar-refractivity contribution in [2.75, 3.05) is 13.2 Å². The van der Waals surface area contributed by atoms with Crippen LogP contribution in [0.15, 0.2) is 42.5 Å². The molecule has 0 aromatic heterocycles. The van der Waals surface area contributed by atoms with Crippen molar-refractivity contribution in [3.05, 3.63) is 59.2 Å². The number of hydrogen-bond donors (Lipinski definition) is 1. The molecule has 0 saturated heterocycles. The Morgan fingerprint density at radius 3 is 2.42 bits per heavy atom. The van der Waals surface area contributed by atoms with Crippen molar-refractivity contribution in [3.8, 4) is 11.5 Å². The van der Waals surface area contributed by atoms with Crippen LogP contribution >= 0.6 is 0 Å². The maximum absolute atomic E-state index is 12.1. The van der Waals surface area contributed by atoms with Gasteiger partial charge in [-0.2, -0.15) is 0 Å². The van der Waals surface area contributed by atoms with E-state index in [0.717, 1.165) is 28.2 Å². The summed E-state index contributed by atoms with van der Waals surface area (Å²) in [6.45, 7) is 8.62. The molecule has 1 N–H and O–H groups in total. The number of ether oxygens (including phenoxy) is 2. The molecule has 0 radical (unpaired) electrons. The third-order valence-electron chi connectivity index (χ3n) is 3.98. The Balaban J connectivity index is 1.78. The van der Waals surface area contributed by atoms with Crippen molar-refractivity contribution >= 4 is 5.91 Å². The highest BCUT2D eigenvalue weighted by molar-refractivity contribution is 5.80. The van der Waals surface area contributed by atoms with E-state index in [1.807, 2.05) is 63.2 Å². The van der Waals surface area contributed by atoms with Crippen molar-refractivity contribution < 1.29 is 14.3 Å². The van der Waals surface area contributed by atoms with Crippen LogP contribution in [0.2, 0.25) is 0 Å². The second-order valence-corrected chi connectivity index (χ2v) is 5.86. The summed E-state index contributed by atoms with van der Waals surface area (Å²) in [5.41, 5.74) is 3.28. The number of carbonyl (C=O) groups excluding carboxylic acids is 1. The lowest BCUT2D eigenvalue weighted by molar-refractivity contribution is -0.127. The van der Waals surface area contributed by atoms with Crippen molar-refractivity contribution in [1.29, 1.82) is 0 Å². The van der Waals surface area contributed by atoms with Gasteiger partial charge in [-0.25, -0.2) is 0 Å². The first kappa shape index (κ1) is 17.9. The second kappa shape index (κ2) is 8.39. The van der Waals surface area contributed by atoms with Gasteiger partial charge in [0.15, 0.2) is 6.10 Å². The normalized spacial score (nSPS) is 11.7. The molecular weight excluding hydrogens is 302 g/mol. The number of hydrogen-bond acceptors (Lipinski definition) is 3. The maximum Gasteiger partial charge on any atom is 0.260 e. The molecule has 2 aromatic rings. The van der Waals surface area contributed by atoms with Crippen molar-refractivity contribution in [2.24, 2.45) is 0 Å². The molecule has 128 valence electrons. The fraction of sp³-hybridized carbons (Fsp3) is 0.350. The van der Waals surface area contributed by atoms with Gasteiger partial charge in [-0.1, -0.05) is 30.3 Å². The van der Waals surface area contributed by atoms with Crippen LogP contribution < -0.4 is 14.8 Å². The lowest BCUT2D eigenvalue weighted by Crippen LogP contribution is -2.38. The molecule has 0 heterocycles. The minimum atomic E-state index is -0.552. The number of para-hydroxylation sites is 1. The molecule has 24 heavy (non-hydrogen) atoms. The molecule has 1 amide bonds. The molecule has 4 heteroatoms. The molecule has 0 aliphatic heterocycles. The summed E-state index contributed by atoms with van der Waals surface area (Å²) in [6.07, 6.45) is -0.552. The summed E-state index contributed by atoms with van der Waals surface area (Å²) in [4.78, 5) is 12.1. The largest absolute Gasteiger partial charge is 0.491 e. The minimum Gasteiger partial charge on any atom is -0.491 e. The first-order chi connectivity index (χ1) is 11.5. The van der Waals surface area contributed by atoms with E-state index in [0.29, 0.717) is 13.2 Å². The molecule has 0 bridgehead atoms. The molecule has 0 aliphatic carbocycles. The van der Waals surface area contributed by atoms with Crippen molar-refractivity contribution in [1.82, 2.24) is 5.32 Å². The maximum atomic E-state index is 12.1. The standard InChI is InChI=1S/C20H25NO3/c1-14-9-7-11-19(16(14)3)24-17(4)20(22)21-12-13-23-18-10-6-5-8-15(18)2/h5-11,17H,12-13H2,1-4H3,(H,21,22)/t17-/m0/s1. The monoisotopic (exact) mass is 327 g/mol. The smallest absolute Gasteiger partial charge is 0.260 e. The molecule has 0 fully saturated rings. The van der Waals surface area contributed by atoms with Crippen LogP contribution in [-0.4, -0.2) is 25.2 Å². The number of aryl methyl sites for hydroxylation is 2. The zero-order valence-corrected chi connectivity index (χ0v) is 14.8. The van der Waals surface area contributed by atoms with E-state index in [-0.39, 0.29) is 5.91 Å². The minimum absolute atomic E-state index is 0.149. The first-order valence-electron chi connectivity index (χ1n) is 8.18. The molecule has 1 atom stereocenters. The van der Waals surface area contributed by atoms with E-state index in [2.05, 4.69) is 5.32 Å². The fourth-order valence-corrected chi connectivity index (χ4v) is 2.29. The first-order valence-corrected chi connectivity index (χ1v) is 8.18. The van der Waals surface area contributed by atoms with Gasteiger partial charge in [-0.3, -0.25) is 4.79 Å². The third kappa shape index (κ3) is 4.75. The number of rotatable bonds is 7. The summed E-state index contributed by atoms with van der Waals surface area (Å²) >= 11 is 0. The van der Waals surface area contributed by atoms with Crippen LogP contribution in [0.5, 0.6) is 11.5 Å². The van der Waals surface area contributed by atoms with Gasteiger partial charge in [0.05, 0.1) is 6.54 Å². The van der Waals surface area contributed by atoms with Gasteiger partial charge in [0.2, 0.25) is 0 Å². The van der Waals surface area contributed by atoms with Crippen LogP contribution in [0.3, 0.4) is 0 Å². The van der Waals surface area contributed by atoms with Crippen molar-refractivity contribution in [3.63, 3.8) is 0 Å². The number of amides is 1. The van der Waals surface area contributed by atoms with Crippen LogP contribution in [0, 0.1) is 20.8 Å². The molecule has 4 nitrogen and oxygen atoms in total. The predicted molar refractivity (Wildman–Crippen MR) is 95.7 cm³/mol. The predicted octanol–water partition coefficient (Wildman–Crippen LogP) is 3.57. The van der Waals surface area contributed by atoms with E-state index in [9.17, 15) is 4.79 Å². The Morgan fingerprint density at radius 2 is 1.67 bits per heavy atom. The highest BCUT2D eigenvalue weighted by Crippen LogP contribution is 2.21. The third-order valence-corrected chi connectivity index (χ3v) is 3.98. The Labute approximate surface area is 143 Å². The Hall–Kier alpha value is -2.49. The number of benzene rings is 2. The zero-order valence-electron chi connectivity index (χ0n) is 14.8. The zero-order chi connectivity index (χ0) is 17.5. The SMILES string of the molecule is Cc1ccccc1OCCNC(=O)[C@H](C)Oc1cccc(C)c1C. The Kier molecular flexibility index (Phi) is 6.24. The quantitative estimate of drug-likeness (QED) is 0.791. The van der Waals surface area contributed by atoms with Gasteiger partial charge in [0.25, 0.3) is 5.91 Å². The van der Waals surface area contributed by atoms with Gasteiger partial charge in [0.1, 0.15) is 18.1 Å². The summed E-state index contributed by atoms with van der Waals surface area (Å²) in [5, 5.41) is 2.84. The number of carbonyl (C=O) groups is 1. The number of nitrogens with one attached hydrogen (secondary N) is 1. The molecule has 0 spiro atoms. The second-order valence-electron chi connectivity index (χ2n) is 5.86. The Bertz CT molecular complexity index is 697. The van der Waals surface area contributed by atoms with Crippen LogP contribution in [0.1, 0.15) is 23.6 Å². The van der Waals surface area contributed by atoms with Gasteiger partial charge in [-0.15, -0.1) is 0 Å². The molecule has 2 rings (SSSR count). The van der Waals surface area contributed by atoms with Gasteiger partial charge in [0, 0.05) is 0 Å². The summed E-state index contributed by atoms with van der Waals surface area (Å²) in [7, 11) is 0. The molecule has 0 saturated carbocycles. The summed E-state index contributed by atoms with van der Waals surface area (Å²) < 4.78 is 11.4. The van der Waals surface area contributed by atoms with Crippen LogP contribution in [0.25, 0.3) is 0 Å². The van der Waals surface area contributed by atoms with Crippen LogP contribution in [0.4, 0.5) is 0 Å². The van der Waals surface area contributed by atoms with E-state index in [1.165, 1.54) is 0 Å². The van der Waals surface area contributed by atoms with E-state index in [1.54, 1.807) is 6.92 Å².